The molecule has 4 rings (SSSR count). The quantitative estimate of drug-likeness (QED) is 0.763. The average molecular weight is 408 g/mol. The summed E-state index contributed by atoms with van der Waals surface area (Å²) in [6.07, 6.45) is 0. The first-order valence-electron chi connectivity index (χ1n) is 8.94. The fourth-order valence-electron chi connectivity index (χ4n) is 4.03. The van der Waals surface area contributed by atoms with Crippen LogP contribution < -0.4 is 0 Å². The van der Waals surface area contributed by atoms with Crippen molar-refractivity contribution in [2.75, 3.05) is 26.2 Å². The number of amides is 1. The van der Waals surface area contributed by atoms with Gasteiger partial charge in [0, 0.05) is 38.5 Å². The van der Waals surface area contributed by atoms with E-state index in [2.05, 4.69) is 10.1 Å². The molecule has 1 unspecified atom stereocenters. The first-order chi connectivity index (χ1) is 13.1. The van der Waals surface area contributed by atoms with Crippen molar-refractivity contribution in [1.82, 2.24) is 19.3 Å². The molecule has 1 aromatic heterocycles. The van der Waals surface area contributed by atoms with Gasteiger partial charge in [-0.05, 0) is 31.5 Å². The monoisotopic (exact) mass is 408 g/mol. The molecular formula is C18H21FN4O4S. The number of nitrogens with zero attached hydrogens (tertiary/aromatic N) is 4. The van der Waals surface area contributed by atoms with E-state index >= 15 is 0 Å². The Kier molecular flexibility index (Phi) is 4.31. The second-order valence-corrected chi connectivity index (χ2v) is 9.62. The minimum atomic E-state index is -3.82. The van der Waals surface area contributed by atoms with Crippen LogP contribution in [0.4, 0.5) is 4.39 Å². The van der Waals surface area contributed by atoms with E-state index in [9.17, 15) is 17.6 Å². The van der Waals surface area contributed by atoms with Crippen LogP contribution in [0.1, 0.15) is 30.1 Å². The largest absolute Gasteiger partial charge is 0.341 e. The summed E-state index contributed by atoms with van der Waals surface area (Å²) >= 11 is 0. The lowest BCUT2D eigenvalue weighted by atomic mass is 9.73. The van der Waals surface area contributed by atoms with E-state index in [1.54, 1.807) is 18.7 Å². The number of carbonyl (C=O) groups excluding carboxylic acids is 1. The lowest BCUT2D eigenvalue weighted by molar-refractivity contribution is -0.128. The summed E-state index contributed by atoms with van der Waals surface area (Å²) in [5.41, 5.74) is -0.0974. The van der Waals surface area contributed by atoms with E-state index in [1.807, 2.05) is 0 Å². The van der Waals surface area contributed by atoms with Crippen molar-refractivity contribution in [3.8, 4) is 0 Å². The molecule has 0 radical (unpaired) electrons. The van der Waals surface area contributed by atoms with Gasteiger partial charge in [-0.25, -0.2) is 12.8 Å². The minimum absolute atomic E-state index is 0.0722. The number of aryl methyl sites for hydroxylation is 2. The van der Waals surface area contributed by atoms with Gasteiger partial charge in [-0.15, -0.1) is 0 Å². The predicted molar refractivity (Wildman–Crippen MR) is 96.4 cm³/mol. The Morgan fingerprint density at radius 3 is 2.57 bits per heavy atom. The van der Waals surface area contributed by atoms with Gasteiger partial charge in [-0.1, -0.05) is 11.2 Å². The summed E-state index contributed by atoms with van der Waals surface area (Å²) in [7, 11) is -3.82. The summed E-state index contributed by atoms with van der Waals surface area (Å²) in [6.45, 7) is 6.02. The van der Waals surface area contributed by atoms with Gasteiger partial charge in [-0.2, -0.15) is 9.29 Å². The molecule has 2 aromatic rings. The van der Waals surface area contributed by atoms with Crippen LogP contribution in [0.2, 0.25) is 0 Å². The zero-order chi connectivity index (χ0) is 20.3. The van der Waals surface area contributed by atoms with E-state index in [0.29, 0.717) is 30.4 Å². The SMILES string of the molecule is CC(=O)N1CC(c2nc(C)no2)C2(C1)CN(S(=O)(=O)c1ccc(C)c(F)c1)C2. The van der Waals surface area contributed by atoms with Gasteiger partial charge in [0.1, 0.15) is 5.82 Å². The van der Waals surface area contributed by atoms with Crippen LogP contribution in [0.25, 0.3) is 0 Å². The molecule has 2 fully saturated rings. The highest BCUT2D eigenvalue weighted by molar-refractivity contribution is 7.89. The van der Waals surface area contributed by atoms with E-state index in [0.717, 1.165) is 6.07 Å². The fraction of sp³-hybridized carbons (Fsp3) is 0.500. The maximum absolute atomic E-state index is 13.9. The Morgan fingerprint density at radius 1 is 1.29 bits per heavy atom. The molecule has 0 bridgehead atoms. The van der Waals surface area contributed by atoms with Crippen molar-refractivity contribution >= 4 is 15.9 Å². The number of likely N-dealkylation sites (tertiary alicyclic amines) is 1. The molecule has 8 nitrogen and oxygen atoms in total. The first kappa shape index (κ1) is 19.0. The van der Waals surface area contributed by atoms with Gasteiger partial charge in [0.15, 0.2) is 5.82 Å². The zero-order valence-electron chi connectivity index (χ0n) is 15.8. The number of halogens is 1. The van der Waals surface area contributed by atoms with Crippen LogP contribution in [0.15, 0.2) is 27.6 Å². The third-order valence-electron chi connectivity index (χ3n) is 5.70. The topological polar surface area (TPSA) is 96.6 Å². The highest BCUT2D eigenvalue weighted by atomic mass is 32.2. The zero-order valence-corrected chi connectivity index (χ0v) is 16.7. The Morgan fingerprint density at radius 2 is 2.00 bits per heavy atom. The fourth-order valence-corrected chi connectivity index (χ4v) is 5.68. The summed E-state index contributed by atoms with van der Waals surface area (Å²) in [5.74, 6) is 0.0306. The highest BCUT2D eigenvalue weighted by Crippen LogP contribution is 2.50. The van der Waals surface area contributed by atoms with Crippen LogP contribution in [-0.4, -0.2) is 59.8 Å². The molecule has 10 heteroatoms. The minimum Gasteiger partial charge on any atom is -0.341 e. The Bertz CT molecular complexity index is 1050. The molecule has 0 saturated carbocycles. The van der Waals surface area contributed by atoms with E-state index in [4.69, 9.17) is 4.52 Å². The molecule has 2 saturated heterocycles. The van der Waals surface area contributed by atoms with Crippen molar-refractivity contribution in [2.45, 2.75) is 31.6 Å². The number of sulfonamides is 1. The van der Waals surface area contributed by atoms with Gasteiger partial charge in [0.25, 0.3) is 0 Å². The van der Waals surface area contributed by atoms with Crippen LogP contribution in [0.3, 0.4) is 0 Å². The second kappa shape index (κ2) is 6.35. The van der Waals surface area contributed by atoms with Crippen LogP contribution in [0.5, 0.6) is 0 Å². The molecule has 2 aliphatic rings. The molecule has 3 heterocycles. The van der Waals surface area contributed by atoms with Crippen LogP contribution in [0, 0.1) is 25.1 Å². The molecule has 28 heavy (non-hydrogen) atoms. The smallest absolute Gasteiger partial charge is 0.243 e. The van der Waals surface area contributed by atoms with Crippen molar-refractivity contribution < 1.29 is 22.1 Å². The number of benzene rings is 1. The number of rotatable bonds is 3. The molecule has 1 aromatic carbocycles. The third kappa shape index (κ3) is 2.91. The Balaban J connectivity index is 1.61. The van der Waals surface area contributed by atoms with Crippen LogP contribution >= 0.6 is 0 Å². The normalized spacial score (nSPS) is 21.9. The van der Waals surface area contributed by atoms with E-state index < -0.39 is 21.3 Å². The van der Waals surface area contributed by atoms with Gasteiger partial charge >= 0.3 is 0 Å². The predicted octanol–water partition coefficient (Wildman–Crippen LogP) is 1.46. The van der Waals surface area contributed by atoms with Gasteiger partial charge in [0.05, 0.1) is 10.8 Å². The van der Waals surface area contributed by atoms with Gasteiger partial charge in [-0.3, -0.25) is 4.79 Å². The number of carbonyl (C=O) groups is 1. The van der Waals surface area contributed by atoms with Crippen LogP contribution in [-0.2, 0) is 14.8 Å². The maximum Gasteiger partial charge on any atom is 0.243 e. The molecule has 1 amide bonds. The summed E-state index contributed by atoms with van der Waals surface area (Å²) in [4.78, 5) is 17.8. The standard InChI is InChI=1S/C18H21FN4O4S/c1-11-4-5-14(6-16(11)19)28(25,26)23-9-18(10-23)8-22(13(3)24)7-15(18)17-20-12(2)21-27-17/h4-6,15H,7-10H2,1-3H3. The molecule has 1 atom stereocenters. The molecule has 150 valence electrons. The van der Waals surface area contributed by atoms with Crippen molar-refractivity contribution in [1.29, 1.82) is 0 Å². The van der Waals surface area contributed by atoms with E-state index in [-0.39, 0.29) is 29.8 Å². The third-order valence-corrected chi connectivity index (χ3v) is 7.49. The Hall–Kier alpha value is -2.33. The van der Waals surface area contributed by atoms with Crippen molar-refractivity contribution in [3.05, 3.63) is 41.3 Å². The molecule has 1 spiro atoms. The number of hydrogen-bond donors (Lipinski definition) is 0. The first-order valence-corrected chi connectivity index (χ1v) is 10.4. The Labute approximate surface area is 162 Å². The van der Waals surface area contributed by atoms with Gasteiger partial charge < -0.3 is 9.42 Å². The van der Waals surface area contributed by atoms with Crippen molar-refractivity contribution in [2.24, 2.45) is 5.41 Å². The number of aromatic nitrogens is 2. The summed E-state index contributed by atoms with van der Waals surface area (Å²) in [6, 6.07) is 3.91. The second-order valence-electron chi connectivity index (χ2n) is 7.68. The lowest BCUT2D eigenvalue weighted by Gasteiger charge is -2.48. The summed E-state index contributed by atoms with van der Waals surface area (Å²) < 4.78 is 46.3. The molecular weight excluding hydrogens is 387 g/mol. The molecule has 0 aliphatic carbocycles. The maximum atomic E-state index is 13.9. The molecule has 0 N–H and O–H groups in total. The highest BCUT2D eigenvalue weighted by Gasteiger charge is 2.59. The lowest BCUT2D eigenvalue weighted by Crippen LogP contribution is -2.61. The summed E-state index contributed by atoms with van der Waals surface area (Å²) in [5, 5.41) is 3.83. The average Bonchev–Trinajstić information content (AvgIpc) is 3.19. The van der Waals surface area contributed by atoms with Gasteiger partial charge in [0.2, 0.25) is 21.8 Å². The molecule has 2 aliphatic heterocycles. The van der Waals surface area contributed by atoms with E-state index in [1.165, 1.54) is 23.4 Å². The van der Waals surface area contributed by atoms with Crippen molar-refractivity contribution in [3.63, 3.8) is 0 Å². The number of hydrogen-bond acceptors (Lipinski definition) is 6.